The lowest BCUT2D eigenvalue weighted by Gasteiger charge is -2.06. The highest BCUT2D eigenvalue weighted by Crippen LogP contribution is 2.20. The Kier molecular flexibility index (Phi) is 3.27. The van der Waals surface area contributed by atoms with Gasteiger partial charge in [0.1, 0.15) is 0 Å². The quantitative estimate of drug-likeness (QED) is 0.828. The van der Waals surface area contributed by atoms with Gasteiger partial charge in [0.15, 0.2) is 0 Å². The Morgan fingerprint density at radius 2 is 2.19 bits per heavy atom. The Bertz CT molecular complexity index is 474. The molecule has 2 aromatic rings. The van der Waals surface area contributed by atoms with Gasteiger partial charge in [-0.1, -0.05) is 12.1 Å². The SMILES string of the molecule is CC(C)OCc1c[nH]c2cc(CN)ccc12. The van der Waals surface area contributed by atoms with E-state index in [0.29, 0.717) is 13.2 Å². The molecule has 0 saturated heterocycles. The monoisotopic (exact) mass is 218 g/mol. The van der Waals surface area contributed by atoms with Crippen molar-refractivity contribution in [1.29, 1.82) is 0 Å². The molecule has 0 bridgehead atoms. The summed E-state index contributed by atoms with van der Waals surface area (Å²) in [6, 6.07) is 6.26. The summed E-state index contributed by atoms with van der Waals surface area (Å²) in [5.41, 5.74) is 9.08. The fourth-order valence-electron chi connectivity index (χ4n) is 1.74. The number of aromatic nitrogens is 1. The first kappa shape index (κ1) is 11.2. The Morgan fingerprint density at radius 3 is 2.88 bits per heavy atom. The zero-order valence-electron chi connectivity index (χ0n) is 9.79. The van der Waals surface area contributed by atoms with E-state index in [9.17, 15) is 0 Å². The van der Waals surface area contributed by atoms with Crippen molar-refractivity contribution in [3.05, 3.63) is 35.5 Å². The number of aromatic amines is 1. The van der Waals surface area contributed by atoms with E-state index >= 15 is 0 Å². The number of nitrogens with two attached hydrogens (primary N) is 1. The smallest absolute Gasteiger partial charge is 0.0741 e. The molecule has 3 heteroatoms. The zero-order valence-corrected chi connectivity index (χ0v) is 9.79. The van der Waals surface area contributed by atoms with Crippen LogP contribution in [0.5, 0.6) is 0 Å². The molecule has 1 aromatic carbocycles. The Morgan fingerprint density at radius 1 is 1.38 bits per heavy atom. The molecule has 0 aliphatic rings. The van der Waals surface area contributed by atoms with Crippen LogP contribution in [0, 0.1) is 0 Å². The molecule has 0 radical (unpaired) electrons. The third kappa shape index (κ3) is 2.26. The molecule has 0 atom stereocenters. The van der Waals surface area contributed by atoms with Gasteiger partial charge in [0.2, 0.25) is 0 Å². The fourth-order valence-corrected chi connectivity index (χ4v) is 1.74. The Balaban J connectivity index is 2.27. The molecule has 0 aliphatic carbocycles. The van der Waals surface area contributed by atoms with Gasteiger partial charge in [0, 0.05) is 29.2 Å². The van der Waals surface area contributed by atoms with Gasteiger partial charge in [-0.2, -0.15) is 0 Å². The molecular weight excluding hydrogens is 200 g/mol. The highest BCUT2D eigenvalue weighted by Gasteiger charge is 2.05. The molecule has 0 aliphatic heterocycles. The number of rotatable bonds is 4. The molecule has 0 spiro atoms. The van der Waals surface area contributed by atoms with Crippen LogP contribution in [0.3, 0.4) is 0 Å². The number of ether oxygens (including phenoxy) is 1. The minimum atomic E-state index is 0.258. The molecule has 86 valence electrons. The Hall–Kier alpha value is -1.32. The van der Waals surface area contributed by atoms with Gasteiger partial charge in [-0.3, -0.25) is 0 Å². The standard InChI is InChI=1S/C13H18N2O/c1-9(2)16-8-11-7-15-13-5-10(6-14)3-4-12(11)13/h3-5,7,9,15H,6,8,14H2,1-2H3. The number of nitrogens with one attached hydrogen (secondary N) is 1. The van der Waals surface area contributed by atoms with Crippen molar-refractivity contribution in [2.75, 3.05) is 0 Å². The zero-order chi connectivity index (χ0) is 11.5. The highest BCUT2D eigenvalue weighted by atomic mass is 16.5. The minimum absolute atomic E-state index is 0.258. The summed E-state index contributed by atoms with van der Waals surface area (Å²) in [6.07, 6.45) is 2.26. The summed E-state index contributed by atoms with van der Waals surface area (Å²) in [7, 11) is 0. The topological polar surface area (TPSA) is 51.0 Å². The number of fused-ring (bicyclic) bond motifs is 1. The molecule has 3 nitrogen and oxygen atoms in total. The van der Waals surface area contributed by atoms with Crippen LogP contribution in [0.1, 0.15) is 25.0 Å². The van der Waals surface area contributed by atoms with Gasteiger partial charge in [-0.25, -0.2) is 0 Å². The molecule has 2 rings (SSSR count). The van der Waals surface area contributed by atoms with Gasteiger partial charge in [0.25, 0.3) is 0 Å². The highest BCUT2D eigenvalue weighted by molar-refractivity contribution is 5.83. The molecule has 0 fully saturated rings. The van der Waals surface area contributed by atoms with Crippen LogP contribution in [-0.2, 0) is 17.9 Å². The van der Waals surface area contributed by atoms with Crippen molar-refractivity contribution in [2.24, 2.45) is 5.73 Å². The first-order valence-corrected chi connectivity index (χ1v) is 5.61. The number of benzene rings is 1. The minimum Gasteiger partial charge on any atom is -0.374 e. The molecule has 3 N–H and O–H groups in total. The maximum atomic E-state index is 5.61. The van der Waals surface area contributed by atoms with E-state index in [4.69, 9.17) is 10.5 Å². The van der Waals surface area contributed by atoms with E-state index < -0.39 is 0 Å². The predicted molar refractivity (Wildman–Crippen MR) is 66.1 cm³/mol. The number of hydrogen-bond acceptors (Lipinski definition) is 2. The van der Waals surface area contributed by atoms with Gasteiger partial charge >= 0.3 is 0 Å². The second kappa shape index (κ2) is 4.68. The lowest BCUT2D eigenvalue weighted by Crippen LogP contribution is -2.01. The first-order chi connectivity index (χ1) is 7.70. The predicted octanol–water partition coefficient (Wildman–Crippen LogP) is 2.55. The molecule has 16 heavy (non-hydrogen) atoms. The van der Waals surface area contributed by atoms with E-state index in [-0.39, 0.29) is 6.10 Å². The van der Waals surface area contributed by atoms with E-state index in [2.05, 4.69) is 23.2 Å². The maximum Gasteiger partial charge on any atom is 0.0741 e. The summed E-state index contributed by atoms with van der Waals surface area (Å²) in [6.45, 7) is 5.31. The van der Waals surface area contributed by atoms with Crippen LogP contribution in [0.15, 0.2) is 24.4 Å². The summed E-state index contributed by atoms with van der Waals surface area (Å²) < 4.78 is 5.61. The third-order valence-corrected chi connectivity index (χ3v) is 2.64. The molecule has 0 amide bonds. The Labute approximate surface area is 95.6 Å². The van der Waals surface area contributed by atoms with Crippen LogP contribution >= 0.6 is 0 Å². The van der Waals surface area contributed by atoms with Crippen molar-refractivity contribution in [2.45, 2.75) is 33.1 Å². The van der Waals surface area contributed by atoms with Gasteiger partial charge in [-0.05, 0) is 25.5 Å². The van der Waals surface area contributed by atoms with Crippen LogP contribution in [0.2, 0.25) is 0 Å². The average molecular weight is 218 g/mol. The number of hydrogen-bond donors (Lipinski definition) is 2. The van der Waals surface area contributed by atoms with E-state index in [0.717, 1.165) is 11.1 Å². The second-order valence-corrected chi connectivity index (χ2v) is 4.26. The fraction of sp³-hybridized carbons (Fsp3) is 0.385. The third-order valence-electron chi connectivity index (χ3n) is 2.64. The van der Waals surface area contributed by atoms with Crippen LogP contribution in [-0.4, -0.2) is 11.1 Å². The molecular formula is C13H18N2O. The molecule has 1 aromatic heterocycles. The van der Waals surface area contributed by atoms with Crippen molar-refractivity contribution >= 4 is 10.9 Å². The second-order valence-electron chi connectivity index (χ2n) is 4.26. The first-order valence-electron chi connectivity index (χ1n) is 5.61. The molecule has 0 saturated carbocycles. The lowest BCUT2D eigenvalue weighted by molar-refractivity contribution is 0.0664. The maximum absolute atomic E-state index is 5.61. The van der Waals surface area contributed by atoms with E-state index in [1.165, 1.54) is 10.9 Å². The van der Waals surface area contributed by atoms with Crippen molar-refractivity contribution in [3.63, 3.8) is 0 Å². The largest absolute Gasteiger partial charge is 0.374 e. The van der Waals surface area contributed by atoms with Crippen LogP contribution in [0.4, 0.5) is 0 Å². The van der Waals surface area contributed by atoms with Crippen LogP contribution < -0.4 is 5.73 Å². The lowest BCUT2D eigenvalue weighted by atomic mass is 10.1. The summed E-state index contributed by atoms with van der Waals surface area (Å²) in [5, 5.41) is 1.22. The van der Waals surface area contributed by atoms with Gasteiger partial charge in [-0.15, -0.1) is 0 Å². The summed E-state index contributed by atoms with van der Waals surface area (Å²) in [5.74, 6) is 0. The molecule has 1 heterocycles. The average Bonchev–Trinajstić information content (AvgIpc) is 2.68. The summed E-state index contributed by atoms with van der Waals surface area (Å²) in [4.78, 5) is 3.25. The van der Waals surface area contributed by atoms with Crippen molar-refractivity contribution < 1.29 is 4.74 Å². The van der Waals surface area contributed by atoms with Gasteiger partial charge in [0.05, 0.1) is 12.7 Å². The number of H-pyrrole nitrogens is 1. The normalized spacial score (nSPS) is 11.5. The molecule has 0 unspecified atom stereocenters. The van der Waals surface area contributed by atoms with Crippen LogP contribution in [0.25, 0.3) is 10.9 Å². The van der Waals surface area contributed by atoms with Gasteiger partial charge < -0.3 is 15.5 Å². The summed E-state index contributed by atoms with van der Waals surface area (Å²) >= 11 is 0. The van der Waals surface area contributed by atoms with E-state index in [1.54, 1.807) is 0 Å². The van der Waals surface area contributed by atoms with E-state index in [1.807, 2.05) is 20.0 Å². The van der Waals surface area contributed by atoms with Crippen molar-refractivity contribution in [3.8, 4) is 0 Å². The van der Waals surface area contributed by atoms with Crippen molar-refractivity contribution in [1.82, 2.24) is 4.98 Å².